The van der Waals surface area contributed by atoms with Crippen molar-refractivity contribution in [2.75, 3.05) is 18.4 Å². The molecule has 0 bridgehead atoms. The Morgan fingerprint density at radius 2 is 2.08 bits per heavy atom. The third-order valence-electron chi connectivity index (χ3n) is 5.92. The predicted octanol–water partition coefficient (Wildman–Crippen LogP) is -0.566. The average molecular weight is 614 g/mol. The number of benzene rings is 1. The molecule has 0 spiro atoms. The number of rotatable bonds is 7. The number of hydrogen-bond donors (Lipinski definition) is 4. The molecule has 4 heterocycles. The quantitative estimate of drug-likeness (QED) is 0.262. The Morgan fingerprint density at radius 3 is 2.89 bits per heavy atom. The Balaban J connectivity index is 1.28. The number of halogens is 1. The summed E-state index contributed by atoms with van der Waals surface area (Å²) >= 11 is -0.437. The molecule has 2 aliphatic heterocycles. The van der Waals surface area contributed by atoms with Crippen molar-refractivity contribution in [3.63, 3.8) is 0 Å². The Hall–Kier alpha value is -3.94. The van der Waals surface area contributed by atoms with Crippen LogP contribution in [0.3, 0.4) is 0 Å². The second kappa shape index (κ2) is 11.0. The number of H-pyrrole nitrogens is 1. The maximum absolute atomic E-state index is 12.6. The monoisotopic (exact) mass is 614 g/mol. The second-order valence-electron chi connectivity index (χ2n) is 8.44. The maximum Gasteiger partial charge on any atom is 0.0408 e. The number of aromatic amines is 1. The molecule has 11 nitrogen and oxygen atoms in total. The molecule has 3 aromatic rings. The molecule has 2 aliphatic rings. The van der Waals surface area contributed by atoms with E-state index in [1.165, 1.54) is 6.08 Å². The number of fused-ring (bicyclic) bond motifs is 1. The molecular formula is C25H25IN7O4-. The van der Waals surface area contributed by atoms with Crippen LogP contribution in [0.25, 0.3) is 11.0 Å². The van der Waals surface area contributed by atoms with Gasteiger partial charge >= 0.3 is 148 Å². The number of ether oxygens (including phenoxy) is 1. The normalized spacial score (nSPS) is 17.4. The largest absolute Gasteiger partial charge is 0.0408 e. The molecular weight excluding hydrogens is 589 g/mol. The molecule has 0 radical (unpaired) electrons. The summed E-state index contributed by atoms with van der Waals surface area (Å²) in [6.07, 6.45) is 4.43. The van der Waals surface area contributed by atoms with E-state index in [9.17, 15) is 14.4 Å². The summed E-state index contributed by atoms with van der Waals surface area (Å²) in [6.45, 7) is 3.21. The first-order valence-electron chi connectivity index (χ1n) is 11.8. The van der Waals surface area contributed by atoms with Gasteiger partial charge in [-0.1, -0.05) is 6.92 Å². The Bertz CT molecular complexity index is 1400. The molecule has 12 heteroatoms. The SMILES string of the molecule is CCC(=O)N1CC[C@@H](Nc2n[nH]c3nccc(Oc4ccc(C(=O)NC5=C[I-]C=CC(=O)N5)cc4)c23)C1. The minimum absolute atomic E-state index is 0.0825. The molecule has 0 saturated carbocycles. The molecule has 1 aromatic carbocycles. The van der Waals surface area contributed by atoms with Crippen LogP contribution in [-0.2, 0) is 9.59 Å². The topological polar surface area (TPSA) is 141 Å². The molecule has 192 valence electrons. The number of carbonyl (C=O) groups excluding carboxylic acids is 3. The van der Waals surface area contributed by atoms with Gasteiger partial charge in [-0.2, -0.15) is 5.10 Å². The van der Waals surface area contributed by atoms with E-state index in [-0.39, 0.29) is 23.8 Å². The number of pyridine rings is 1. The first-order valence-corrected chi connectivity index (χ1v) is 14.3. The van der Waals surface area contributed by atoms with Gasteiger partial charge in [0.1, 0.15) is 0 Å². The zero-order valence-electron chi connectivity index (χ0n) is 20.0. The molecule has 0 unspecified atom stereocenters. The molecule has 1 saturated heterocycles. The van der Waals surface area contributed by atoms with Gasteiger partial charge in [-0.25, -0.2) is 4.98 Å². The van der Waals surface area contributed by atoms with Gasteiger partial charge in [-0.15, -0.1) is 0 Å². The van der Waals surface area contributed by atoms with Gasteiger partial charge in [-0.05, 0) is 6.42 Å². The van der Waals surface area contributed by atoms with Crippen LogP contribution in [0.2, 0.25) is 0 Å². The van der Waals surface area contributed by atoms with Gasteiger partial charge in [0.05, 0.1) is 0 Å². The predicted molar refractivity (Wildman–Crippen MR) is 132 cm³/mol. The number of anilines is 1. The fourth-order valence-corrected chi connectivity index (χ4v) is 5.50. The molecule has 3 amide bonds. The summed E-state index contributed by atoms with van der Waals surface area (Å²) in [5.41, 5.74) is 1.00. The maximum atomic E-state index is 12.6. The van der Waals surface area contributed by atoms with Crippen molar-refractivity contribution >= 4 is 34.6 Å². The summed E-state index contributed by atoms with van der Waals surface area (Å²) in [4.78, 5) is 42.5. The van der Waals surface area contributed by atoms with Crippen molar-refractivity contribution in [3.05, 3.63) is 62.2 Å². The van der Waals surface area contributed by atoms with Gasteiger partial charge in [0.25, 0.3) is 0 Å². The van der Waals surface area contributed by atoms with Crippen molar-refractivity contribution in [1.82, 2.24) is 30.7 Å². The fourth-order valence-electron chi connectivity index (χ4n) is 4.08. The van der Waals surface area contributed by atoms with Crippen molar-refractivity contribution in [3.8, 4) is 11.5 Å². The van der Waals surface area contributed by atoms with Gasteiger partial charge in [0, 0.05) is 25.6 Å². The van der Waals surface area contributed by atoms with E-state index in [0.717, 1.165) is 13.0 Å². The van der Waals surface area contributed by atoms with Crippen molar-refractivity contribution in [2.24, 2.45) is 0 Å². The van der Waals surface area contributed by atoms with Crippen molar-refractivity contribution < 1.29 is 40.3 Å². The number of amides is 3. The third-order valence-corrected chi connectivity index (χ3v) is 7.67. The zero-order chi connectivity index (χ0) is 25.8. The van der Waals surface area contributed by atoms with Crippen molar-refractivity contribution in [2.45, 2.75) is 25.8 Å². The number of nitrogens with one attached hydrogen (secondary N) is 4. The standard InChI is InChI=1S/C25H25IN7O4/c1-2-21(35)33-12-9-16(14-33)28-24-22-18(8-11-27-23(22)31-32-24)37-17-5-3-15(4-6-17)25(36)30-19-13-26-10-7-20(34)29-19/h3-8,10-11,13,16H,2,9,12,14H2,1H3,(H,29,34)(H,30,36)(H2,27,28,31,32)/q-1/t16-/m1/s1. The molecule has 0 aliphatic carbocycles. The molecule has 37 heavy (non-hydrogen) atoms. The van der Waals surface area contributed by atoms with Crippen LogP contribution in [0, 0.1) is 0 Å². The summed E-state index contributed by atoms with van der Waals surface area (Å²) in [5.74, 6) is 1.66. The van der Waals surface area contributed by atoms with E-state index in [0.29, 0.717) is 52.7 Å². The Morgan fingerprint density at radius 1 is 1.24 bits per heavy atom. The van der Waals surface area contributed by atoms with Crippen LogP contribution in [0.15, 0.2) is 56.6 Å². The average Bonchev–Trinajstić information content (AvgIpc) is 3.49. The van der Waals surface area contributed by atoms with Crippen LogP contribution in [0.1, 0.15) is 30.1 Å². The first kappa shape index (κ1) is 24.7. The first-order chi connectivity index (χ1) is 18.0. The van der Waals surface area contributed by atoms with Gasteiger partial charge in [0.15, 0.2) is 0 Å². The summed E-state index contributed by atoms with van der Waals surface area (Å²) in [5, 5.41) is 16.8. The molecule has 4 N–H and O–H groups in total. The zero-order valence-corrected chi connectivity index (χ0v) is 22.1. The van der Waals surface area contributed by atoms with Crippen molar-refractivity contribution in [1.29, 1.82) is 0 Å². The van der Waals surface area contributed by atoms with Gasteiger partial charge < -0.3 is 10.2 Å². The van der Waals surface area contributed by atoms with Crippen LogP contribution in [0.5, 0.6) is 11.5 Å². The Labute approximate surface area is 223 Å². The second-order valence-corrected chi connectivity index (χ2v) is 10.5. The van der Waals surface area contributed by atoms with E-state index in [4.69, 9.17) is 4.74 Å². The van der Waals surface area contributed by atoms with E-state index >= 15 is 0 Å². The van der Waals surface area contributed by atoms with Crippen LogP contribution in [-0.4, -0.2) is 56.9 Å². The van der Waals surface area contributed by atoms with E-state index in [1.54, 1.807) is 36.5 Å². The minimum Gasteiger partial charge on any atom is 0.0408 e. The molecule has 2 aromatic heterocycles. The fraction of sp³-hybridized carbons (Fsp3) is 0.240. The third kappa shape index (κ3) is 5.74. The molecule has 1 fully saturated rings. The van der Waals surface area contributed by atoms with Crippen LogP contribution in [0.4, 0.5) is 5.82 Å². The number of aromatic nitrogens is 3. The number of hydrogen-bond acceptors (Lipinski definition) is 7. The number of carbonyl (C=O) groups is 3. The van der Waals surface area contributed by atoms with Crippen LogP contribution < -0.4 is 41.9 Å². The van der Waals surface area contributed by atoms with E-state index in [2.05, 4.69) is 31.1 Å². The number of nitrogens with zero attached hydrogens (tertiary/aromatic N) is 3. The van der Waals surface area contributed by atoms with E-state index in [1.807, 2.05) is 20.0 Å². The minimum atomic E-state index is -0.437. The van der Waals surface area contributed by atoms with E-state index < -0.39 is 21.2 Å². The summed E-state index contributed by atoms with van der Waals surface area (Å²) < 4.78 is 9.80. The van der Waals surface area contributed by atoms with Gasteiger partial charge in [-0.3, -0.25) is 9.89 Å². The Kier molecular flexibility index (Phi) is 7.35. The van der Waals surface area contributed by atoms with Gasteiger partial charge in [0.2, 0.25) is 5.91 Å². The number of likely N-dealkylation sites (tertiary alicyclic amines) is 1. The smallest absolute Gasteiger partial charge is 0.0408 e. The summed E-state index contributed by atoms with van der Waals surface area (Å²) in [6, 6.07) is 8.55. The molecule has 1 atom stereocenters. The molecule has 5 rings (SSSR count). The van der Waals surface area contributed by atoms with Crippen LogP contribution >= 0.6 is 0 Å². The summed E-state index contributed by atoms with van der Waals surface area (Å²) in [7, 11) is 0.